The number of thiophene rings is 1. The molecule has 3 aromatic heterocycles. The topological polar surface area (TPSA) is 88.9 Å². The average Bonchev–Trinajstić information content (AvgIpc) is 3.59. The van der Waals surface area contributed by atoms with Crippen LogP contribution < -0.4 is 5.56 Å². The van der Waals surface area contributed by atoms with Crippen molar-refractivity contribution in [3.63, 3.8) is 0 Å². The number of aromatic amines is 1. The number of nitrogens with zero attached hydrogens (tertiary/aromatic N) is 5. The number of nitrogens with one attached hydrogen (secondary N) is 1. The average molecular weight is 493 g/mol. The third-order valence-corrected chi connectivity index (χ3v) is 7.50. The van der Waals surface area contributed by atoms with Crippen LogP contribution in [0.5, 0.6) is 0 Å². The van der Waals surface area contributed by atoms with Gasteiger partial charge < -0.3 is 9.72 Å². The van der Waals surface area contributed by atoms with E-state index in [1.165, 1.54) is 4.88 Å². The van der Waals surface area contributed by atoms with Gasteiger partial charge >= 0.3 is 0 Å². The van der Waals surface area contributed by atoms with Gasteiger partial charge in [0.1, 0.15) is 0 Å². The van der Waals surface area contributed by atoms with Crippen molar-refractivity contribution in [2.45, 2.75) is 65.4 Å². The molecule has 1 fully saturated rings. The maximum absolute atomic E-state index is 13.1. The number of aryl methyl sites for hydroxylation is 1. The van der Waals surface area contributed by atoms with Gasteiger partial charge in [-0.2, -0.15) is 0 Å². The third-order valence-electron chi connectivity index (χ3n) is 6.64. The number of hydrogen-bond donors (Lipinski definition) is 1. The highest BCUT2D eigenvalue weighted by Gasteiger charge is 2.31. The molecule has 9 heteroatoms. The Morgan fingerprint density at radius 2 is 2.14 bits per heavy atom. The molecule has 0 saturated carbocycles. The zero-order valence-corrected chi connectivity index (χ0v) is 21.3. The number of rotatable bonds is 9. The van der Waals surface area contributed by atoms with Crippen LogP contribution in [0.3, 0.4) is 0 Å². The Hall–Kier alpha value is -2.88. The van der Waals surface area contributed by atoms with E-state index in [1.54, 1.807) is 11.3 Å². The highest BCUT2D eigenvalue weighted by molar-refractivity contribution is 7.09. The largest absolute Gasteiger partial charge is 0.376 e. The molecule has 0 unspecified atom stereocenters. The quantitative estimate of drug-likeness (QED) is 0.371. The van der Waals surface area contributed by atoms with Gasteiger partial charge in [0.15, 0.2) is 5.82 Å². The zero-order valence-electron chi connectivity index (χ0n) is 20.5. The molecule has 2 atom stereocenters. The Labute approximate surface area is 208 Å². The molecule has 0 radical (unpaired) electrons. The van der Waals surface area contributed by atoms with Gasteiger partial charge in [0.05, 0.1) is 18.7 Å². The molecule has 1 aromatic carbocycles. The van der Waals surface area contributed by atoms with Crippen molar-refractivity contribution in [1.82, 2.24) is 30.1 Å². The summed E-state index contributed by atoms with van der Waals surface area (Å²) >= 11 is 1.72. The van der Waals surface area contributed by atoms with Crippen molar-refractivity contribution >= 4 is 22.2 Å². The fourth-order valence-corrected chi connectivity index (χ4v) is 5.70. The highest BCUT2D eigenvalue weighted by Crippen LogP contribution is 2.31. The van der Waals surface area contributed by atoms with E-state index >= 15 is 0 Å². The Bertz CT molecular complexity index is 1320. The number of aromatic nitrogens is 5. The van der Waals surface area contributed by atoms with Crippen molar-refractivity contribution < 1.29 is 4.74 Å². The van der Waals surface area contributed by atoms with Crippen molar-refractivity contribution in [1.29, 1.82) is 0 Å². The summed E-state index contributed by atoms with van der Waals surface area (Å²) in [6.45, 7) is 9.04. The normalized spacial score (nSPS) is 17.1. The third kappa shape index (κ3) is 5.37. The fraction of sp³-hybridized carbons (Fsp3) is 0.462. The molecular formula is C26H32N6O2S. The standard InChI is InChI=1S/C26H32N6O2S/c1-17(2)24(25-28-29-30-32(25)15-21-6-4-10-34-21)31(16-22-7-5-11-35-22)14-20-13-19-9-8-18(3)12-23(19)27-26(20)33/h5,7-9,11-13,17,21,24H,4,6,10,14-16H2,1-3H3,(H,27,33)/t21-,24+/m0/s1. The van der Waals surface area contributed by atoms with E-state index in [9.17, 15) is 4.79 Å². The number of hydrogen-bond acceptors (Lipinski definition) is 7. The van der Waals surface area contributed by atoms with E-state index in [2.05, 4.69) is 68.9 Å². The van der Waals surface area contributed by atoms with Gasteiger partial charge in [-0.15, -0.1) is 16.4 Å². The number of fused-ring (bicyclic) bond motifs is 1. The molecule has 184 valence electrons. The Kier molecular flexibility index (Phi) is 7.08. The summed E-state index contributed by atoms with van der Waals surface area (Å²) in [5.74, 6) is 1.05. The van der Waals surface area contributed by atoms with Gasteiger partial charge in [-0.1, -0.05) is 32.0 Å². The number of benzene rings is 1. The monoisotopic (exact) mass is 492 g/mol. The van der Waals surface area contributed by atoms with Gasteiger partial charge in [-0.25, -0.2) is 4.68 Å². The summed E-state index contributed by atoms with van der Waals surface area (Å²) in [7, 11) is 0. The lowest BCUT2D eigenvalue weighted by Gasteiger charge is -2.33. The van der Waals surface area contributed by atoms with E-state index < -0.39 is 0 Å². The van der Waals surface area contributed by atoms with E-state index in [1.807, 2.05) is 23.7 Å². The molecule has 4 heterocycles. The summed E-state index contributed by atoms with van der Waals surface area (Å²) in [6.07, 6.45) is 2.24. The van der Waals surface area contributed by atoms with Crippen LogP contribution >= 0.6 is 11.3 Å². The first kappa shape index (κ1) is 23.8. The number of pyridine rings is 1. The smallest absolute Gasteiger partial charge is 0.252 e. The minimum Gasteiger partial charge on any atom is -0.376 e. The maximum atomic E-state index is 13.1. The second-order valence-electron chi connectivity index (χ2n) is 9.74. The molecule has 1 N–H and O–H groups in total. The minimum atomic E-state index is -0.0679. The molecule has 0 amide bonds. The Morgan fingerprint density at radius 3 is 2.89 bits per heavy atom. The molecule has 0 bridgehead atoms. The van der Waals surface area contributed by atoms with Gasteiger partial charge in [0.2, 0.25) is 0 Å². The summed E-state index contributed by atoms with van der Waals surface area (Å²) in [4.78, 5) is 19.8. The van der Waals surface area contributed by atoms with Gasteiger partial charge in [-0.05, 0) is 70.6 Å². The summed E-state index contributed by atoms with van der Waals surface area (Å²) in [5, 5.41) is 16.0. The second kappa shape index (κ2) is 10.4. The van der Waals surface area contributed by atoms with E-state index in [-0.39, 0.29) is 23.6 Å². The molecule has 0 spiro atoms. The predicted octanol–water partition coefficient (Wildman–Crippen LogP) is 4.46. The number of H-pyrrole nitrogens is 1. The predicted molar refractivity (Wildman–Crippen MR) is 137 cm³/mol. The summed E-state index contributed by atoms with van der Waals surface area (Å²) in [5.41, 5.74) is 2.67. The van der Waals surface area contributed by atoms with Crippen LogP contribution in [-0.2, 0) is 24.4 Å². The van der Waals surface area contributed by atoms with Crippen LogP contribution in [0.25, 0.3) is 10.9 Å². The zero-order chi connectivity index (χ0) is 24.4. The van der Waals surface area contributed by atoms with E-state index in [0.29, 0.717) is 19.6 Å². The first-order chi connectivity index (χ1) is 17.0. The molecule has 35 heavy (non-hydrogen) atoms. The van der Waals surface area contributed by atoms with Crippen molar-refractivity contribution in [2.24, 2.45) is 5.92 Å². The molecule has 1 saturated heterocycles. The second-order valence-corrected chi connectivity index (χ2v) is 10.8. The lowest BCUT2D eigenvalue weighted by Crippen LogP contribution is -2.35. The SMILES string of the molecule is Cc1ccc2cc(CN(Cc3cccs3)[C@@H](c3nnnn3C[C@@H]3CCCO3)C(C)C)c(=O)[nH]c2c1. The van der Waals surface area contributed by atoms with Crippen molar-refractivity contribution in [2.75, 3.05) is 6.61 Å². The van der Waals surface area contributed by atoms with Gasteiger partial charge in [-0.3, -0.25) is 9.69 Å². The molecule has 8 nitrogen and oxygen atoms in total. The Balaban J connectivity index is 1.51. The van der Waals surface area contributed by atoms with Crippen LogP contribution in [-0.4, -0.2) is 42.8 Å². The van der Waals surface area contributed by atoms with Gasteiger partial charge in [0, 0.05) is 35.7 Å². The first-order valence-corrected chi connectivity index (χ1v) is 13.1. The maximum Gasteiger partial charge on any atom is 0.252 e. The highest BCUT2D eigenvalue weighted by atomic mass is 32.1. The summed E-state index contributed by atoms with van der Waals surface area (Å²) < 4.78 is 7.75. The van der Waals surface area contributed by atoms with Gasteiger partial charge in [0.25, 0.3) is 5.56 Å². The van der Waals surface area contributed by atoms with Crippen molar-refractivity contribution in [3.8, 4) is 0 Å². The van der Waals surface area contributed by atoms with Crippen LogP contribution in [0.4, 0.5) is 0 Å². The first-order valence-electron chi connectivity index (χ1n) is 12.2. The molecule has 4 aromatic rings. The van der Waals surface area contributed by atoms with Crippen LogP contribution in [0, 0.1) is 12.8 Å². The Morgan fingerprint density at radius 1 is 1.26 bits per heavy atom. The number of ether oxygens (including phenoxy) is 1. The van der Waals surface area contributed by atoms with Crippen LogP contribution in [0.2, 0.25) is 0 Å². The molecule has 1 aliphatic rings. The lowest BCUT2D eigenvalue weighted by molar-refractivity contribution is 0.0853. The van der Waals surface area contributed by atoms with Crippen molar-refractivity contribution in [3.05, 3.63) is 74.0 Å². The van der Waals surface area contributed by atoms with E-state index in [0.717, 1.165) is 47.3 Å². The minimum absolute atomic E-state index is 0.0549. The molecule has 1 aliphatic heterocycles. The molecular weight excluding hydrogens is 460 g/mol. The van der Waals surface area contributed by atoms with E-state index in [4.69, 9.17) is 4.74 Å². The lowest BCUT2D eigenvalue weighted by atomic mass is 10.00. The van der Waals surface area contributed by atoms with Crippen LogP contribution in [0.1, 0.15) is 54.6 Å². The van der Waals surface area contributed by atoms with Crippen LogP contribution in [0.15, 0.2) is 46.6 Å². The molecule has 5 rings (SSSR count). The fourth-order valence-electron chi connectivity index (χ4n) is 4.97. The molecule has 0 aliphatic carbocycles. The number of tetrazole rings is 1. The summed E-state index contributed by atoms with van der Waals surface area (Å²) in [6, 6.07) is 12.3.